The van der Waals surface area contributed by atoms with Crippen molar-refractivity contribution in [3.05, 3.63) is 65.2 Å². The van der Waals surface area contributed by atoms with Gasteiger partial charge < -0.3 is 14.8 Å². The topological polar surface area (TPSA) is 64.6 Å². The first-order chi connectivity index (χ1) is 12.7. The van der Waals surface area contributed by atoms with Crippen LogP contribution in [0.4, 0.5) is 0 Å². The quantitative estimate of drug-likeness (QED) is 0.808. The van der Waals surface area contributed by atoms with Crippen LogP contribution < -0.4 is 10.1 Å². The summed E-state index contributed by atoms with van der Waals surface area (Å²) in [7, 11) is 0. The number of carbonyl (C=O) groups is 2. The van der Waals surface area contributed by atoms with Crippen LogP contribution in [0.1, 0.15) is 47.3 Å². The molecule has 0 heterocycles. The molecule has 1 aliphatic rings. The standard InChI is InChI=1S/C21H23NO4/c1-2-25-21(24)17-11-5-6-13-19(17)26-14-20(23)22-18-12-7-9-15-8-3-4-10-16(15)18/h3-6,8,10-11,13,18H,2,7,9,12,14H2,1H3,(H,22,23)/t18-/m0/s1. The van der Waals surface area contributed by atoms with Crippen LogP contribution in [0.15, 0.2) is 48.5 Å². The highest BCUT2D eigenvalue weighted by molar-refractivity contribution is 5.92. The van der Waals surface area contributed by atoms with E-state index in [-0.39, 0.29) is 25.2 Å². The predicted molar refractivity (Wildman–Crippen MR) is 98.2 cm³/mol. The van der Waals surface area contributed by atoms with E-state index < -0.39 is 5.97 Å². The molecule has 0 saturated carbocycles. The van der Waals surface area contributed by atoms with Gasteiger partial charge in [-0.25, -0.2) is 4.79 Å². The Bertz CT molecular complexity index is 787. The second-order valence-corrected chi connectivity index (χ2v) is 6.22. The number of ether oxygens (including phenoxy) is 2. The van der Waals surface area contributed by atoms with Crippen LogP contribution in [-0.4, -0.2) is 25.1 Å². The molecule has 1 N–H and O–H groups in total. The third-order valence-electron chi connectivity index (χ3n) is 4.45. The van der Waals surface area contributed by atoms with Crippen molar-refractivity contribution >= 4 is 11.9 Å². The van der Waals surface area contributed by atoms with Gasteiger partial charge in [0.2, 0.25) is 0 Å². The van der Waals surface area contributed by atoms with Crippen molar-refractivity contribution in [2.24, 2.45) is 0 Å². The van der Waals surface area contributed by atoms with Gasteiger partial charge >= 0.3 is 5.97 Å². The zero-order valence-electron chi connectivity index (χ0n) is 14.9. The van der Waals surface area contributed by atoms with Crippen molar-refractivity contribution in [1.82, 2.24) is 5.32 Å². The zero-order chi connectivity index (χ0) is 18.4. The monoisotopic (exact) mass is 353 g/mol. The van der Waals surface area contributed by atoms with Crippen molar-refractivity contribution in [3.8, 4) is 5.75 Å². The number of fused-ring (bicyclic) bond motifs is 1. The molecule has 0 bridgehead atoms. The fourth-order valence-corrected chi connectivity index (χ4v) is 3.25. The van der Waals surface area contributed by atoms with E-state index in [4.69, 9.17) is 9.47 Å². The lowest BCUT2D eigenvalue weighted by Gasteiger charge is -2.26. The first-order valence-corrected chi connectivity index (χ1v) is 8.95. The second kappa shape index (κ2) is 8.52. The lowest BCUT2D eigenvalue weighted by Crippen LogP contribution is -2.34. The number of nitrogens with one attached hydrogen (secondary N) is 1. The molecule has 0 fully saturated rings. The van der Waals surface area contributed by atoms with Crippen LogP contribution in [0.2, 0.25) is 0 Å². The van der Waals surface area contributed by atoms with E-state index in [9.17, 15) is 9.59 Å². The van der Waals surface area contributed by atoms with Crippen LogP contribution in [0.3, 0.4) is 0 Å². The largest absolute Gasteiger partial charge is 0.483 e. The summed E-state index contributed by atoms with van der Waals surface area (Å²) in [6.07, 6.45) is 3.02. The first-order valence-electron chi connectivity index (χ1n) is 8.95. The average Bonchev–Trinajstić information content (AvgIpc) is 2.67. The molecule has 0 spiro atoms. The summed E-state index contributed by atoms with van der Waals surface area (Å²) in [6.45, 7) is 1.89. The van der Waals surface area contributed by atoms with Gasteiger partial charge in [-0.3, -0.25) is 4.79 Å². The van der Waals surface area contributed by atoms with Gasteiger partial charge in [-0.1, -0.05) is 36.4 Å². The molecule has 1 amide bonds. The van der Waals surface area contributed by atoms with Crippen LogP contribution in [-0.2, 0) is 16.0 Å². The molecule has 5 nitrogen and oxygen atoms in total. The van der Waals surface area contributed by atoms with E-state index in [1.807, 2.05) is 12.1 Å². The van der Waals surface area contributed by atoms with E-state index >= 15 is 0 Å². The van der Waals surface area contributed by atoms with Gasteiger partial charge in [0.1, 0.15) is 11.3 Å². The maximum atomic E-state index is 12.3. The minimum Gasteiger partial charge on any atom is -0.483 e. The van der Waals surface area contributed by atoms with Crippen molar-refractivity contribution in [3.63, 3.8) is 0 Å². The molecular weight excluding hydrogens is 330 g/mol. The van der Waals surface area contributed by atoms with Crippen molar-refractivity contribution in [1.29, 1.82) is 0 Å². The summed E-state index contributed by atoms with van der Waals surface area (Å²) in [4.78, 5) is 24.3. The molecule has 26 heavy (non-hydrogen) atoms. The summed E-state index contributed by atoms with van der Waals surface area (Å²) in [6, 6.07) is 15.0. The molecule has 0 aromatic heterocycles. The minimum absolute atomic E-state index is 0.0105. The number of rotatable bonds is 6. The predicted octanol–water partition coefficient (Wildman–Crippen LogP) is 3.44. The van der Waals surface area contributed by atoms with Crippen LogP contribution in [0.25, 0.3) is 0 Å². The first kappa shape index (κ1) is 18.0. The Morgan fingerprint density at radius 2 is 1.88 bits per heavy atom. The SMILES string of the molecule is CCOC(=O)c1ccccc1OCC(=O)N[C@H]1CCCc2ccccc21. The molecule has 3 rings (SSSR count). The number of para-hydroxylation sites is 1. The third kappa shape index (κ3) is 4.23. The summed E-state index contributed by atoms with van der Waals surface area (Å²) in [5, 5.41) is 3.04. The summed E-state index contributed by atoms with van der Waals surface area (Å²) in [5.41, 5.74) is 2.79. The fourth-order valence-electron chi connectivity index (χ4n) is 3.25. The Kier molecular flexibility index (Phi) is 5.89. The Morgan fingerprint density at radius 1 is 1.12 bits per heavy atom. The van der Waals surface area contributed by atoms with Crippen molar-refractivity contribution in [2.75, 3.05) is 13.2 Å². The minimum atomic E-state index is -0.454. The molecule has 2 aromatic rings. The van der Waals surface area contributed by atoms with Crippen LogP contribution in [0.5, 0.6) is 5.75 Å². The van der Waals surface area contributed by atoms with Gasteiger partial charge in [-0.2, -0.15) is 0 Å². The molecule has 0 unspecified atom stereocenters. The Hall–Kier alpha value is -2.82. The van der Waals surface area contributed by atoms with Gasteiger partial charge in [-0.15, -0.1) is 0 Å². The van der Waals surface area contributed by atoms with Gasteiger partial charge in [0.25, 0.3) is 5.91 Å². The van der Waals surface area contributed by atoms with Gasteiger partial charge in [0.15, 0.2) is 6.61 Å². The highest BCUT2D eigenvalue weighted by Gasteiger charge is 2.22. The number of carbonyl (C=O) groups excluding carboxylic acids is 2. The molecule has 136 valence electrons. The average molecular weight is 353 g/mol. The Balaban J connectivity index is 1.61. The van der Waals surface area contributed by atoms with E-state index in [0.29, 0.717) is 11.3 Å². The molecule has 0 aliphatic heterocycles. The molecule has 5 heteroatoms. The summed E-state index contributed by atoms with van der Waals surface area (Å²) in [5.74, 6) is -0.305. The zero-order valence-corrected chi connectivity index (χ0v) is 14.9. The van der Waals surface area contributed by atoms with E-state index in [1.165, 1.54) is 11.1 Å². The number of hydrogen-bond donors (Lipinski definition) is 1. The Labute approximate surface area is 153 Å². The lowest BCUT2D eigenvalue weighted by atomic mass is 9.88. The highest BCUT2D eigenvalue weighted by Crippen LogP contribution is 2.29. The molecule has 1 atom stereocenters. The highest BCUT2D eigenvalue weighted by atomic mass is 16.5. The maximum absolute atomic E-state index is 12.3. The van der Waals surface area contributed by atoms with Gasteiger partial charge in [0.05, 0.1) is 12.6 Å². The normalized spacial score (nSPS) is 15.7. The summed E-state index contributed by atoms with van der Waals surface area (Å²) >= 11 is 0. The van der Waals surface area contributed by atoms with Gasteiger partial charge in [-0.05, 0) is 49.4 Å². The van der Waals surface area contributed by atoms with Crippen molar-refractivity contribution in [2.45, 2.75) is 32.2 Å². The number of hydrogen-bond acceptors (Lipinski definition) is 4. The smallest absolute Gasteiger partial charge is 0.341 e. The molecular formula is C21H23NO4. The van der Waals surface area contributed by atoms with Crippen molar-refractivity contribution < 1.29 is 19.1 Å². The molecule has 0 radical (unpaired) electrons. The number of amides is 1. The van der Waals surface area contributed by atoms with Crippen LogP contribution >= 0.6 is 0 Å². The van der Waals surface area contributed by atoms with E-state index in [2.05, 4.69) is 17.4 Å². The molecule has 2 aromatic carbocycles. The molecule has 0 saturated heterocycles. The fraction of sp³-hybridized carbons (Fsp3) is 0.333. The third-order valence-corrected chi connectivity index (χ3v) is 4.45. The molecule has 1 aliphatic carbocycles. The lowest BCUT2D eigenvalue weighted by molar-refractivity contribution is -0.124. The number of benzene rings is 2. The second-order valence-electron chi connectivity index (χ2n) is 6.22. The van der Waals surface area contributed by atoms with E-state index in [1.54, 1.807) is 31.2 Å². The van der Waals surface area contributed by atoms with Crippen LogP contribution in [0, 0.1) is 0 Å². The number of aryl methyl sites for hydroxylation is 1. The Morgan fingerprint density at radius 3 is 2.73 bits per heavy atom. The number of esters is 1. The van der Waals surface area contributed by atoms with E-state index in [0.717, 1.165) is 19.3 Å². The van der Waals surface area contributed by atoms with Gasteiger partial charge in [0, 0.05) is 0 Å². The summed E-state index contributed by atoms with van der Waals surface area (Å²) < 4.78 is 10.6. The maximum Gasteiger partial charge on any atom is 0.341 e.